The second kappa shape index (κ2) is 12.8. The Morgan fingerprint density at radius 3 is 2.26 bits per heavy atom. The standard InChI is InChI=1S/C20H23ClN2O2.C4H8O2/c1-25-19-12-9-16(21)13-18(19)23-20(24)22-17-10-7-15(8-11-17)14-5-3-2-4-6-14;1-3-6-4(2)5/h7-14H,2-6H2,1H3,(H2,22,23,24);3H2,1-2H3. The van der Waals surface area contributed by atoms with Crippen molar-refractivity contribution < 1.29 is 19.1 Å². The van der Waals surface area contributed by atoms with E-state index in [4.69, 9.17) is 16.3 Å². The van der Waals surface area contributed by atoms with Gasteiger partial charge in [-0.2, -0.15) is 0 Å². The van der Waals surface area contributed by atoms with Crippen LogP contribution in [0.5, 0.6) is 5.75 Å². The van der Waals surface area contributed by atoms with Crippen LogP contribution in [0, 0.1) is 0 Å². The molecule has 0 aliphatic heterocycles. The summed E-state index contributed by atoms with van der Waals surface area (Å²) in [6.07, 6.45) is 6.51. The van der Waals surface area contributed by atoms with Crippen molar-refractivity contribution in [3.8, 4) is 5.75 Å². The van der Waals surface area contributed by atoms with Gasteiger partial charge in [0.1, 0.15) is 5.75 Å². The van der Waals surface area contributed by atoms with Crippen molar-refractivity contribution in [2.75, 3.05) is 24.4 Å². The van der Waals surface area contributed by atoms with Crippen LogP contribution in [0.1, 0.15) is 57.4 Å². The zero-order valence-electron chi connectivity index (χ0n) is 18.4. The highest BCUT2D eigenvalue weighted by Crippen LogP contribution is 2.33. The predicted molar refractivity (Wildman–Crippen MR) is 125 cm³/mol. The minimum Gasteiger partial charge on any atom is -0.495 e. The van der Waals surface area contributed by atoms with Gasteiger partial charge in [-0.05, 0) is 61.6 Å². The molecule has 1 fully saturated rings. The quantitative estimate of drug-likeness (QED) is 0.506. The van der Waals surface area contributed by atoms with Crippen LogP contribution in [0.2, 0.25) is 5.02 Å². The number of methoxy groups -OCH3 is 1. The Labute approximate surface area is 189 Å². The van der Waals surface area contributed by atoms with E-state index in [0.717, 1.165) is 5.69 Å². The van der Waals surface area contributed by atoms with Gasteiger partial charge >= 0.3 is 12.0 Å². The number of carbonyl (C=O) groups is 2. The number of hydrogen-bond acceptors (Lipinski definition) is 4. The molecule has 7 heteroatoms. The van der Waals surface area contributed by atoms with E-state index in [-0.39, 0.29) is 12.0 Å². The van der Waals surface area contributed by atoms with Gasteiger partial charge in [0.25, 0.3) is 0 Å². The number of ether oxygens (including phenoxy) is 2. The second-order valence-corrected chi connectivity index (χ2v) is 7.74. The van der Waals surface area contributed by atoms with Gasteiger partial charge in [0.05, 0.1) is 19.4 Å². The molecule has 2 aromatic rings. The Balaban J connectivity index is 0.000000501. The summed E-state index contributed by atoms with van der Waals surface area (Å²) < 4.78 is 9.64. The third kappa shape index (κ3) is 8.50. The Bertz CT molecular complexity index is 849. The molecule has 0 bridgehead atoms. The van der Waals surface area contributed by atoms with Gasteiger partial charge in [0.15, 0.2) is 0 Å². The number of esters is 1. The fourth-order valence-electron chi connectivity index (χ4n) is 3.54. The van der Waals surface area contributed by atoms with Crippen LogP contribution in [-0.4, -0.2) is 25.7 Å². The molecular weight excluding hydrogens is 416 g/mol. The maximum absolute atomic E-state index is 12.2. The highest BCUT2D eigenvalue weighted by molar-refractivity contribution is 6.31. The molecule has 2 aromatic carbocycles. The van der Waals surface area contributed by atoms with Crippen molar-refractivity contribution in [2.24, 2.45) is 0 Å². The molecule has 1 saturated carbocycles. The number of halogens is 1. The maximum atomic E-state index is 12.2. The van der Waals surface area contributed by atoms with Crippen LogP contribution in [0.25, 0.3) is 0 Å². The number of benzene rings is 2. The third-order valence-electron chi connectivity index (χ3n) is 5.00. The highest BCUT2D eigenvalue weighted by Gasteiger charge is 2.15. The monoisotopic (exact) mass is 446 g/mol. The molecule has 0 radical (unpaired) electrons. The molecule has 0 saturated heterocycles. The minimum atomic E-state index is -0.328. The molecule has 0 spiro atoms. The zero-order chi connectivity index (χ0) is 22.6. The highest BCUT2D eigenvalue weighted by atomic mass is 35.5. The summed E-state index contributed by atoms with van der Waals surface area (Å²) in [5.41, 5.74) is 2.66. The van der Waals surface area contributed by atoms with Crippen molar-refractivity contribution in [2.45, 2.75) is 51.9 Å². The van der Waals surface area contributed by atoms with Crippen LogP contribution in [0.4, 0.5) is 16.2 Å². The van der Waals surface area contributed by atoms with E-state index < -0.39 is 0 Å². The maximum Gasteiger partial charge on any atom is 0.323 e. The van der Waals surface area contributed by atoms with E-state index >= 15 is 0 Å². The SMILES string of the molecule is CCOC(C)=O.COc1ccc(Cl)cc1NC(=O)Nc1ccc(C2CCCCC2)cc1. The summed E-state index contributed by atoms with van der Waals surface area (Å²) in [5.74, 6) is 1.01. The largest absolute Gasteiger partial charge is 0.495 e. The smallest absolute Gasteiger partial charge is 0.323 e. The summed E-state index contributed by atoms with van der Waals surface area (Å²) in [7, 11) is 1.55. The number of urea groups is 1. The van der Waals surface area contributed by atoms with Crippen molar-refractivity contribution in [1.29, 1.82) is 0 Å². The van der Waals surface area contributed by atoms with E-state index in [2.05, 4.69) is 27.5 Å². The van der Waals surface area contributed by atoms with Crippen molar-refractivity contribution in [3.63, 3.8) is 0 Å². The molecule has 2 N–H and O–H groups in total. The molecule has 31 heavy (non-hydrogen) atoms. The zero-order valence-corrected chi connectivity index (χ0v) is 19.1. The van der Waals surface area contributed by atoms with E-state index in [0.29, 0.717) is 29.0 Å². The van der Waals surface area contributed by atoms with Gasteiger partial charge < -0.3 is 20.1 Å². The van der Waals surface area contributed by atoms with E-state index in [1.54, 1.807) is 32.2 Å². The fourth-order valence-corrected chi connectivity index (χ4v) is 3.71. The van der Waals surface area contributed by atoms with Gasteiger partial charge in [0, 0.05) is 17.6 Å². The molecule has 1 aliphatic carbocycles. The predicted octanol–water partition coefficient (Wildman–Crippen LogP) is 6.61. The third-order valence-corrected chi connectivity index (χ3v) is 5.24. The molecule has 168 valence electrons. The average Bonchev–Trinajstić information content (AvgIpc) is 2.75. The van der Waals surface area contributed by atoms with Crippen molar-refractivity contribution in [3.05, 3.63) is 53.1 Å². The molecule has 2 amide bonds. The van der Waals surface area contributed by atoms with E-state index in [9.17, 15) is 9.59 Å². The number of carbonyl (C=O) groups excluding carboxylic acids is 2. The average molecular weight is 447 g/mol. The molecule has 0 unspecified atom stereocenters. The molecule has 6 nitrogen and oxygen atoms in total. The Morgan fingerprint density at radius 2 is 1.71 bits per heavy atom. The Morgan fingerprint density at radius 1 is 1.03 bits per heavy atom. The van der Waals surface area contributed by atoms with Crippen molar-refractivity contribution in [1.82, 2.24) is 0 Å². The first kappa shape index (κ1) is 24.5. The molecule has 0 atom stereocenters. The number of hydrogen-bond donors (Lipinski definition) is 2. The van der Waals surface area contributed by atoms with Gasteiger partial charge in [-0.1, -0.05) is 43.0 Å². The Kier molecular flexibility index (Phi) is 10.2. The van der Waals surface area contributed by atoms with Gasteiger partial charge in [-0.15, -0.1) is 0 Å². The van der Waals surface area contributed by atoms with E-state index in [1.165, 1.54) is 44.6 Å². The first-order valence-corrected chi connectivity index (χ1v) is 11.0. The number of anilines is 2. The summed E-state index contributed by atoms with van der Waals surface area (Å²) in [4.78, 5) is 22.0. The van der Waals surface area contributed by atoms with Crippen LogP contribution < -0.4 is 15.4 Å². The first-order valence-electron chi connectivity index (χ1n) is 10.6. The van der Waals surface area contributed by atoms with Crippen molar-refractivity contribution >= 4 is 35.0 Å². The van der Waals surface area contributed by atoms with Crippen LogP contribution in [0.3, 0.4) is 0 Å². The number of rotatable bonds is 5. The summed E-state index contributed by atoms with van der Waals surface area (Å²) in [6.45, 7) is 3.65. The molecule has 0 aromatic heterocycles. The molecule has 0 heterocycles. The van der Waals surface area contributed by atoms with Crippen LogP contribution in [0.15, 0.2) is 42.5 Å². The van der Waals surface area contributed by atoms with Gasteiger partial charge in [0.2, 0.25) is 0 Å². The normalized spacial score (nSPS) is 13.4. The first-order chi connectivity index (χ1) is 14.9. The van der Waals surface area contributed by atoms with E-state index in [1.807, 2.05) is 12.1 Å². The fraction of sp³-hybridized carbons (Fsp3) is 0.417. The molecule has 3 rings (SSSR count). The van der Waals surface area contributed by atoms with Gasteiger partial charge in [-0.3, -0.25) is 4.79 Å². The summed E-state index contributed by atoms with van der Waals surface area (Å²) >= 11 is 5.98. The lowest BCUT2D eigenvalue weighted by Gasteiger charge is -2.22. The van der Waals surface area contributed by atoms with Crippen LogP contribution in [-0.2, 0) is 9.53 Å². The molecule has 1 aliphatic rings. The Hall–Kier alpha value is -2.73. The minimum absolute atomic E-state index is 0.211. The topological polar surface area (TPSA) is 76.7 Å². The van der Waals surface area contributed by atoms with Gasteiger partial charge in [-0.25, -0.2) is 4.79 Å². The lowest BCUT2D eigenvalue weighted by molar-refractivity contribution is -0.140. The lowest BCUT2D eigenvalue weighted by atomic mass is 9.84. The van der Waals surface area contributed by atoms with Crippen LogP contribution >= 0.6 is 11.6 Å². The molecular formula is C24H31ClN2O4. The lowest BCUT2D eigenvalue weighted by Crippen LogP contribution is -2.19. The summed E-state index contributed by atoms with van der Waals surface area (Å²) in [6, 6.07) is 12.9. The number of amides is 2. The summed E-state index contributed by atoms with van der Waals surface area (Å²) in [5, 5.41) is 6.15. The number of nitrogens with one attached hydrogen (secondary N) is 2. The second-order valence-electron chi connectivity index (χ2n) is 7.31.